The second-order valence-electron chi connectivity index (χ2n) is 8.29. The topological polar surface area (TPSA) is 42.2 Å². The lowest BCUT2D eigenvalue weighted by Gasteiger charge is -2.28. The third-order valence-electron chi connectivity index (χ3n) is 4.17. The van der Waals surface area contributed by atoms with E-state index in [4.69, 9.17) is 0 Å². The van der Waals surface area contributed by atoms with Crippen molar-refractivity contribution < 1.29 is 9.90 Å². The van der Waals surface area contributed by atoms with Gasteiger partial charge in [-0.3, -0.25) is 9.36 Å². The van der Waals surface area contributed by atoms with Crippen LogP contribution in [-0.4, -0.2) is 15.6 Å². The summed E-state index contributed by atoms with van der Waals surface area (Å²) in [6.45, 7) is 16.3. The predicted octanol–water partition coefficient (Wildman–Crippen LogP) is 5.14. The molecule has 0 unspecified atom stereocenters. The molecule has 0 saturated carbocycles. The van der Waals surface area contributed by atoms with E-state index in [0.29, 0.717) is 11.3 Å². The van der Waals surface area contributed by atoms with Crippen molar-refractivity contribution in [3.63, 3.8) is 0 Å². The second-order valence-corrected chi connectivity index (χ2v) is 8.29. The number of rotatable bonds is 2. The summed E-state index contributed by atoms with van der Waals surface area (Å²) in [5, 5.41) is 10.8. The van der Waals surface area contributed by atoms with E-state index < -0.39 is 0 Å². The molecule has 2 rings (SSSR count). The van der Waals surface area contributed by atoms with E-state index in [-0.39, 0.29) is 16.7 Å². The van der Waals surface area contributed by atoms with E-state index >= 15 is 0 Å². The second kappa shape index (κ2) is 5.97. The van der Waals surface area contributed by atoms with Crippen molar-refractivity contribution in [2.75, 3.05) is 0 Å². The van der Waals surface area contributed by atoms with Gasteiger partial charge in [-0.05, 0) is 40.7 Å². The fourth-order valence-electron chi connectivity index (χ4n) is 2.70. The molecule has 0 bridgehead atoms. The minimum atomic E-state index is -0.239. The van der Waals surface area contributed by atoms with Crippen LogP contribution in [0, 0.1) is 0 Å². The SMILES string of the molecule is C=C(C(=O)n1cccc1)c1cc(C(C)(C)C)c(O)c(C(C)(C)C)c1. The number of phenolic OH excluding ortho intramolecular Hbond substituents is 1. The number of benzene rings is 1. The third-order valence-corrected chi connectivity index (χ3v) is 4.17. The molecule has 0 spiro atoms. The summed E-state index contributed by atoms with van der Waals surface area (Å²) in [5.74, 6) is 0.144. The Labute approximate surface area is 144 Å². The monoisotopic (exact) mass is 325 g/mol. The average Bonchev–Trinajstić information content (AvgIpc) is 2.97. The first kappa shape index (κ1) is 18.1. The Morgan fingerprint density at radius 2 is 1.38 bits per heavy atom. The molecule has 3 heteroatoms. The maximum atomic E-state index is 12.6. The molecule has 0 atom stereocenters. The van der Waals surface area contributed by atoms with Crippen LogP contribution in [0.15, 0.2) is 43.2 Å². The van der Waals surface area contributed by atoms with Crippen LogP contribution in [0.2, 0.25) is 0 Å². The Morgan fingerprint density at radius 1 is 0.958 bits per heavy atom. The van der Waals surface area contributed by atoms with Crippen molar-refractivity contribution in [1.82, 2.24) is 4.57 Å². The van der Waals surface area contributed by atoms with Gasteiger partial charge in [-0.2, -0.15) is 0 Å². The molecule has 1 heterocycles. The standard InChI is InChI=1S/C21H27NO2/c1-14(19(24)22-10-8-9-11-22)15-12-16(20(2,3)4)18(23)17(13-15)21(5,6)7/h8-13,23H,1H2,2-7H3. The molecule has 0 fully saturated rings. The maximum absolute atomic E-state index is 12.6. The molecule has 0 aliphatic heterocycles. The Balaban J connectivity index is 2.62. The first-order valence-corrected chi connectivity index (χ1v) is 8.18. The molecule has 2 aromatic rings. The lowest BCUT2D eigenvalue weighted by atomic mass is 9.77. The van der Waals surface area contributed by atoms with Gasteiger partial charge in [0, 0.05) is 29.1 Å². The van der Waals surface area contributed by atoms with Crippen LogP contribution in [0.4, 0.5) is 0 Å². The molecule has 3 nitrogen and oxygen atoms in total. The van der Waals surface area contributed by atoms with Crippen molar-refractivity contribution in [2.24, 2.45) is 0 Å². The largest absolute Gasteiger partial charge is 0.507 e. The minimum Gasteiger partial charge on any atom is -0.507 e. The highest BCUT2D eigenvalue weighted by atomic mass is 16.3. The van der Waals surface area contributed by atoms with Gasteiger partial charge in [0.2, 0.25) is 0 Å². The van der Waals surface area contributed by atoms with E-state index in [2.05, 4.69) is 48.1 Å². The summed E-state index contributed by atoms with van der Waals surface area (Å²) < 4.78 is 1.52. The fourth-order valence-corrected chi connectivity index (χ4v) is 2.70. The van der Waals surface area contributed by atoms with Gasteiger partial charge >= 0.3 is 0 Å². The summed E-state index contributed by atoms with van der Waals surface area (Å²) in [5.41, 5.74) is 2.34. The zero-order chi connectivity index (χ0) is 18.3. The number of phenols is 1. The first-order chi connectivity index (χ1) is 10.9. The van der Waals surface area contributed by atoms with Crippen molar-refractivity contribution in [3.8, 4) is 5.75 Å². The van der Waals surface area contributed by atoms with E-state index in [1.165, 1.54) is 4.57 Å². The van der Waals surface area contributed by atoms with Crippen LogP contribution in [0.1, 0.15) is 63.0 Å². The number of aromatic hydroxyl groups is 1. The zero-order valence-corrected chi connectivity index (χ0v) is 15.5. The summed E-state index contributed by atoms with van der Waals surface area (Å²) in [6.07, 6.45) is 3.42. The Kier molecular flexibility index (Phi) is 4.49. The summed E-state index contributed by atoms with van der Waals surface area (Å²) in [4.78, 5) is 12.6. The van der Waals surface area contributed by atoms with Gasteiger partial charge < -0.3 is 5.11 Å². The molecule has 1 N–H and O–H groups in total. The highest BCUT2D eigenvalue weighted by molar-refractivity contribution is 6.20. The Bertz CT molecular complexity index is 734. The number of nitrogens with zero attached hydrogens (tertiary/aromatic N) is 1. The molecule has 0 saturated heterocycles. The summed E-state index contributed by atoms with van der Waals surface area (Å²) >= 11 is 0. The maximum Gasteiger partial charge on any atom is 0.261 e. The van der Waals surface area contributed by atoms with Gasteiger partial charge in [-0.25, -0.2) is 0 Å². The molecular formula is C21H27NO2. The number of aromatic nitrogens is 1. The van der Waals surface area contributed by atoms with Crippen LogP contribution in [0.5, 0.6) is 5.75 Å². The quantitative estimate of drug-likeness (QED) is 0.777. The van der Waals surface area contributed by atoms with Gasteiger partial charge in [-0.15, -0.1) is 0 Å². The molecular weight excluding hydrogens is 298 g/mol. The summed E-state index contributed by atoms with van der Waals surface area (Å²) in [6, 6.07) is 7.38. The molecule has 0 radical (unpaired) electrons. The predicted molar refractivity (Wildman–Crippen MR) is 99.6 cm³/mol. The molecule has 1 aromatic heterocycles. The van der Waals surface area contributed by atoms with E-state index in [1.807, 2.05) is 24.3 Å². The van der Waals surface area contributed by atoms with Crippen LogP contribution < -0.4 is 0 Å². The molecule has 0 aliphatic carbocycles. The van der Waals surface area contributed by atoms with Gasteiger partial charge in [-0.1, -0.05) is 48.1 Å². The van der Waals surface area contributed by atoms with Gasteiger partial charge in [0.1, 0.15) is 5.75 Å². The minimum absolute atomic E-state index is 0.162. The third kappa shape index (κ3) is 3.45. The van der Waals surface area contributed by atoms with E-state index in [9.17, 15) is 9.90 Å². The van der Waals surface area contributed by atoms with E-state index in [0.717, 1.165) is 16.7 Å². The van der Waals surface area contributed by atoms with Crippen molar-refractivity contribution in [1.29, 1.82) is 0 Å². The Morgan fingerprint density at radius 3 is 1.75 bits per heavy atom. The Hall–Kier alpha value is -2.29. The highest BCUT2D eigenvalue weighted by Gasteiger charge is 2.27. The van der Waals surface area contributed by atoms with Crippen molar-refractivity contribution in [3.05, 3.63) is 59.9 Å². The van der Waals surface area contributed by atoms with Crippen molar-refractivity contribution in [2.45, 2.75) is 52.4 Å². The number of allylic oxidation sites excluding steroid dienone is 1. The smallest absolute Gasteiger partial charge is 0.261 e. The van der Waals surface area contributed by atoms with Gasteiger partial charge in [0.15, 0.2) is 0 Å². The number of carbonyl (C=O) groups is 1. The normalized spacial score (nSPS) is 12.2. The van der Waals surface area contributed by atoms with Gasteiger partial charge in [0.05, 0.1) is 0 Å². The zero-order valence-electron chi connectivity index (χ0n) is 15.5. The lowest BCUT2D eigenvalue weighted by Crippen LogP contribution is -2.19. The van der Waals surface area contributed by atoms with E-state index in [1.54, 1.807) is 12.4 Å². The number of carbonyl (C=O) groups excluding carboxylic acids is 1. The van der Waals surface area contributed by atoms with Crippen LogP contribution in [0.3, 0.4) is 0 Å². The highest BCUT2D eigenvalue weighted by Crippen LogP contribution is 2.40. The summed E-state index contributed by atoms with van der Waals surface area (Å²) in [7, 11) is 0. The van der Waals surface area contributed by atoms with Crippen molar-refractivity contribution >= 4 is 11.5 Å². The molecule has 24 heavy (non-hydrogen) atoms. The fraction of sp³-hybridized carbons (Fsp3) is 0.381. The average molecular weight is 325 g/mol. The molecule has 0 aliphatic rings. The van der Waals surface area contributed by atoms with Crippen LogP contribution >= 0.6 is 0 Å². The number of hydrogen-bond acceptors (Lipinski definition) is 2. The molecule has 1 aromatic carbocycles. The number of hydrogen-bond donors (Lipinski definition) is 1. The first-order valence-electron chi connectivity index (χ1n) is 8.18. The van der Waals surface area contributed by atoms with Crippen LogP contribution in [-0.2, 0) is 10.8 Å². The van der Waals surface area contributed by atoms with Gasteiger partial charge in [0.25, 0.3) is 5.91 Å². The lowest BCUT2D eigenvalue weighted by molar-refractivity contribution is 0.0980. The molecule has 128 valence electrons. The molecule has 0 amide bonds. The van der Waals surface area contributed by atoms with Crippen LogP contribution in [0.25, 0.3) is 5.57 Å².